The Morgan fingerprint density at radius 3 is 2.72 bits per heavy atom. The molecule has 1 unspecified atom stereocenters. The van der Waals surface area contributed by atoms with Gasteiger partial charge in [-0.25, -0.2) is 4.98 Å². The first-order valence-electron chi connectivity index (χ1n) is 9.08. The van der Waals surface area contributed by atoms with Gasteiger partial charge in [-0.05, 0) is 31.9 Å². The van der Waals surface area contributed by atoms with Crippen LogP contribution in [0.15, 0.2) is 18.3 Å². The standard InChI is InChI=1S/C17H29N5O2S/c1-15-5-4-8-22(14-15)25(23,24)19-13-16-6-3-7-18-17(16)21-11-9-20(2)10-12-21/h3,6-7,15,19H,4-5,8-14H2,1-2H3. The number of rotatable bonds is 5. The number of piperidine rings is 1. The lowest BCUT2D eigenvalue weighted by Gasteiger charge is -2.34. The van der Waals surface area contributed by atoms with E-state index in [0.29, 0.717) is 19.0 Å². The van der Waals surface area contributed by atoms with Crippen LogP contribution in [0.1, 0.15) is 25.3 Å². The molecule has 2 fully saturated rings. The van der Waals surface area contributed by atoms with Gasteiger partial charge in [0.25, 0.3) is 10.2 Å². The summed E-state index contributed by atoms with van der Waals surface area (Å²) in [5.74, 6) is 1.31. The quantitative estimate of drug-likeness (QED) is 0.837. The first kappa shape index (κ1) is 18.6. The molecule has 2 aliphatic heterocycles. The lowest BCUT2D eigenvalue weighted by Crippen LogP contribution is -2.46. The Bertz CT molecular complexity index is 673. The second-order valence-corrected chi connectivity index (χ2v) is 8.96. The van der Waals surface area contributed by atoms with Gasteiger partial charge in [-0.3, -0.25) is 0 Å². The minimum absolute atomic E-state index is 0.280. The number of nitrogens with zero attached hydrogens (tertiary/aromatic N) is 4. The number of nitrogens with one attached hydrogen (secondary N) is 1. The number of piperazine rings is 1. The molecule has 0 aromatic carbocycles. The van der Waals surface area contributed by atoms with Gasteiger partial charge in [0.05, 0.1) is 0 Å². The highest BCUT2D eigenvalue weighted by molar-refractivity contribution is 7.87. The number of pyridine rings is 1. The molecule has 7 nitrogen and oxygen atoms in total. The second-order valence-electron chi connectivity index (χ2n) is 7.21. The summed E-state index contributed by atoms with van der Waals surface area (Å²) < 4.78 is 29.6. The van der Waals surface area contributed by atoms with Gasteiger partial charge < -0.3 is 9.80 Å². The van der Waals surface area contributed by atoms with Gasteiger partial charge in [0.15, 0.2) is 0 Å². The molecule has 0 amide bonds. The summed E-state index contributed by atoms with van der Waals surface area (Å²) in [5.41, 5.74) is 0.931. The van der Waals surface area contributed by atoms with Crippen molar-refractivity contribution >= 4 is 16.0 Å². The number of hydrogen-bond acceptors (Lipinski definition) is 5. The zero-order valence-corrected chi connectivity index (χ0v) is 16.0. The molecule has 25 heavy (non-hydrogen) atoms. The van der Waals surface area contributed by atoms with Crippen molar-refractivity contribution in [1.82, 2.24) is 18.9 Å². The van der Waals surface area contributed by atoms with E-state index in [-0.39, 0.29) is 6.54 Å². The third-order valence-electron chi connectivity index (χ3n) is 5.08. The van der Waals surface area contributed by atoms with Gasteiger partial charge in [-0.2, -0.15) is 17.4 Å². The molecular weight excluding hydrogens is 338 g/mol. The van der Waals surface area contributed by atoms with Gasteiger partial charge in [0.2, 0.25) is 0 Å². The largest absolute Gasteiger partial charge is 0.354 e. The van der Waals surface area contributed by atoms with Crippen LogP contribution in [0.2, 0.25) is 0 Å². The van der Waals surface area contributed by atoms with Crippen molar-refractivity contribution in [1.29, 1.82) is 0 Å². The van der Waals surface area contributed by atoms with Crippen LogP contribution in [-0.2, 0) is 16.8 Å². The van der Waals surface area contributed by atoms with Gasteiger partial charge in [0, 0.05) is 57.6 Å². The molecule has 0 saturated carbocycles. The van der Waals surface area contributed by atoms with Gasteiger partial charge >= 0.3 is 0 Å². The third kappa shape index (κ3) is 4.69. The monoisotopic (exact) mass is 367 g/mol. The summed E-state index contributed by atoms with van der Waals surface area (Å²) in [5, 5.41) is 0. The molecule has 1 aromatic heterocycles. The molecule has 1 aromatic rings. The number of likely N-dealkylation sites (N-methyl/N-ethyl adjacent to an activating group) is 1. The summed E-state index contributed by atoms with van der Waals surface area (Å²) in [7, 11) is -1.33. The van der Waals surface area contributed by atoms with E-state index in [4.69, 9.17) is 0 Å². The molecule has 2 saturated heterocycles. The Morgan fingerprint density at radius 2 is 2.00 bits per heavy atom. The Hall–Kier alpha value is -1.22. The Balaban J connectivity index is 1.67. The summed E-state index contributed by atoms with van der Waals surface area (Å²) in [6, 6.07) is 3.83. The van der Waals surface area contributed by atoms with Crippen LogP contribution in [0, 0.1) is 5.92 Å². The van der Waals surface area contributed by atoms with E-state index < -0.39 is 10.2 Å². The predicted molar refractivity (Wildman–Crippen MR) is 99.7 cm³/mol. The second kappa shape index (κ2) is 7.99. The lowest BCUT2D eigenvalue weighted by atomic mass is 10.0. The molecule has 140 valence electrons. The Kier molecular flexibility index (Phi) is 5.93. The fraction of sp³-hybridized carbons (Fsp3) is 0.706. The first-order valence-corrected chi connectivity index (χ1v) is 10.5. The number of aromatic nitrogens is 1. The number of anilines is 1. The maximum atomic E-state index is 12.6. The van der Waals surface area contributed by atoms with Crippen molar-refractivity contribution in [2.45, 2.75) is 26.3 Å². The molecule has 1 N–H and O–H groups in total. The molecule has 3 rings (SSSR count). The maximum absolute atomic E-state index is 12.6. The van der Waals surface area contributed by atoms with Crippen LogP contribution < -0.4 is 9.62 Å². The van der Waals surface area contributed by atoms with Crippen LogP contribution in [0.3, 0.4) is 0 Å². The lowest BCUT2D eigenvalue weighted by molar-refractivity contribution is 0.278. The van der Waals surface area contributed by atoms with Crippen molar-refractivity contribution in [3.8, 4) is 0 Å². The van der Waals surface area contributed by atoms with Crippen LogP contribution in [0.25, 0.3) is 0 Å². The van der Waals surface area contributed by atoms with E-state index in [2.05, 4.69) is 33.5 Å². The minimum atomic E-state index is -3.44. The molecule has 0 aliphatic carbocycles. The van der Waals surface area contributed by atoms with Crippen molar-refractivity contribution in [2.75, 3.05) is 51.2 Å². The zero-order valence-electron chi connectivity index (χ0n) is 15.2. The summed E-state index contributed by atoms with van der Waals surface area (Å²) in [6.45, 7) is 7.41. The van der Waals surface area contributed by atoms with Crippen LogP contribution >= 0.6 is 0 Å². The fourth-order valence-electron chi connectivity index (χ4n) is 3.50. The number of hydrogen-bond donors (Lipinski definition) is 1. The molecule has 0 spiro atoms. The van der Waals surface area contributed by atoms with E-state index in [1.807, 2.05) is 12.1 Å². The van der Waals surface area contributed by atoms with E-state index in [0.717, 1.165) is 50.4 Å². The van der Waals surface area contributed by atoms with Crippen molar-refractivity contribution in [3.05, 3.63) is 23.9 Å². The first-order chi connectivity index (χ1) is 12.0. The average molecular weight is 368 g/mol. The molecular formula is C17H29N5O2S. The smallest absolute Gasteiger partial charge is 0.279 e. The average Bonchev–Trinajstić information content (AvgIpc) is 2.61. The predicted octanol–water partition coefficient (Wildman–Crippen LogP) is 0.900. The molecule has 8 heteroatoms. The SMILES string of the molecule is CC1CCCN(S(=O)(=O)NCc2cccnc2N2CCN(C)CC2)C1. The van der Waals surface area contributed by atoms with Gasteiger partial charge in [0.1, 0.15) is 5.82 Å². The van der Waals surface area contributed by atoms with E-state index in [1.54, 1.807) is 10.5 Å². The van der Waals surface area contributed by atoms with Gasteiger partial charge in [-0.15, -0.1) is 0 Å². The van der Waals surface area contributed by atoms with Crippen LogP contribution in [0.4, 0.5) is 5.82 Å². The summed E-state index contributed by atoms with van der Waals surface area (Å²) in [4.78, 5) is 9.05. The van der Waals surface area contributed by atoms with E-state index >= 15 is 0 Å². The topological polar surface area (TPSA) is 68.8 Å². The summed E-state index contributed by atoms with van der Waals surface area (Å²) in [6.07, 6.45) is 3.81. The molecule has 2 aliphatic rings. The maximum Gasteiger partial charge on any atom is 0.279 e. The van der Waals surface area contributed by atoms with Crippen molar-refractivity contribution < 1.29 is 8.42 Å². The fourth-order valence-corrected chi connectivity index (χ4v) is 4.84. The normalized spacial score (nSPS) is 23.8. The summed E-state index contributed by atoms with van der Waals surface area (Å²) >= 11 is 0. The zero-order chi connectivity index (χ0) is 17.9. The minimum Gasteiger partial charge on any atom is -0.354 e. The molecule has 0 bridgehead atoms. The Morgan fingerprint density at radius 1 is 1.24 bits per heavy atom. The third-order valence-corrected chi connectivity index (χ3v) is 6.60. The van der Waals surface area contributed by atoms with Crippen molar-refractivity contribution in [3.63, 3.8) is 0 Å². The molecule has 0 radical (unpaired) electrons. The molecule has 3 heterocycles. The highest BCUT2D eigenvalue weighted by Gasteiger charge is 2.27. The highest BCUT2D eigenvalue weighted by Crippen LogP contribution is 2.21. The van der Waals surface area contributed by atoms with E-state index in [9.17, 15) is 8.42 Å². The van der Waals surface area contributed by atoms with Crippen LogP contribution in [0.5, 0.6) is 0 Å². The van der Waals surface area contributed by atoms with Crippen LogP contribution in [-0.4, -0.2) is 68.9 Å². The highest BCUT2D eigenvalue weighted by atomic mass is 32.2. The van der Waals surface area contributed by atoms with E-state index in [1.165, 1.54) is 0 Å². The van der Waals surface area contributed by atoms with Gasteiger partial charge in [-0.1, -0.05) is 13.0 Å². The van der Waals surface area contributed by atoms with Crippen molar-refractivity contribution in [2.24, 2.45) is 5.92 Å². The Labute approximate surface area is 151 Å². The molecule has 1 atom stereocenters.